The molecule has 2 aromatic carbocycles. The van der Waals surface area contributed by atoms with E-state index < -0.39 is 85.6 Å². The van der Waals surface area contributed by atoms with Gasteiger partial charge in [0.05, 0.1) is 22.3 Å². The van der Waals surface area contributed by atoms with Gasteiger partial charge in [0.25, 0.3) is 23.6 Å². The SMILES string of the molecule is CCO[Si](CCCN1C(=O)c2ccc([Si](C)(C)O[Si](C)(C)O[Si](C)(C)O[Si](C)(C)O[Si](C)(C)O[Si](C)(C)O[Si](C)(C)O[Si](C)(C)c3ccc4c(c3)C(=O)N(CCC[Si](OCC)(OCC)OCC)C4=O)cc2C1=O)(OCC)OCC. The van der Waals surface area contributed by atoms with E-state index in [-0.39, 0.29) is 36.7 Å². The van der Waals surface area contributed by atoms with Crippen molar-refractivity contribution in [1.82, 2.24) is 9.80 Å². The van der Waals surface area contributed by atoms with Crippen LogP contribution in [-0.4, -0.2) is 172 Å². The highest BCUT2D eigenvalue weighted by atomic mass is 28.5. The van der Waals surface area contributed by atoms with Crippen molar-refractivity contribution in [1.29, 1.82) is 0 Å². The molecule has 0 unspecified atom stereocenters. The number of imide groups is 2. The normalized spacial score (nSPS) is 15.5. The van der Waals surface area contributed by atoms with E-state index in [2.05, 4.69) is 26.2 Å². The molecule has 4 rings (SSSR count). The zero-order valence-corrected chi connectivity index (χ0v) is 61.8. The van der Waals surface area contributed by atoms with E-state index in [1.807, 2.05) is 144 Å². The van der Waals surface area contributed by atoms with Crippen molar-refractivity contribution in [2.24, 2.45) is 0 Å². The third-order valence-electron chi connectivity index (χ3n) is 12.7. The maximum atomic E-state index is 13.8. The number of hydrogen-bond donors (Lipinski definition) is 0. The molecule has 29 heteroatoms. The second kappa shape index (κ2) is 27.6. The molecular weight excluding hydrogens is 1180 g/mol. The molecule has 79 heavy (non-hydrogen) atoms. The molecule has 0 fully saturated rings. The summed E-state index contributed by atoms with van der Waals surface area (Å²) in [6.07, 6.45) is 0.991. The number of carbonyl (C=O) groups excluding carboxylic acids is 4. The van der Waals surface area contributed by atoms with E-state index in [9.17, 15) is 19.2 Å². The van der Waals surface area contributed by atoms with Crippen molar-refractivity contribution >= 4 is 120 Å². The van der Waals surface area contributed by atoms with E-state index in [1.54, 1.807) is 12.1 Å². The summed E-state index contributed by atoms with van der Waals surface area (Å²) in [5.41, 5.74) is 1.53. The highest BCUT2D eigenvalue weighted by Crippen LogP contribution is 2.32. The van der Waals surface area contributed by atoms with Crippen LogP contribution < -0.4 is 10.4 Å². The van der Waals surface area contributed by atoms with Crippen molar-refractivity contribution < 1.29 is 74.5 Å². The maximum absolute atomic E-state index is 13.8. The Kier molecular flexibility index (Phi) is 24.4. The molecule has 0 N–H and O–H groups in total. The third kappa shape index (κ3) is 19.2. The summed E-state index contributed by atoms with van der Waals surface area (Å²) in [6, 6.07) is 11.9. The Morgan fingerprint density at radius 3 is 0.797 bits per heavy atom. The molecule has 0 saturated carbocycles. The van der Waals surface area contributed by atoms with Gasteiger partial charge in [0.1, 0.15) is 0 Å². The summed E-state index contributed by atoms with van der Waals surface area (Å²) in [5.74, 6) is -1.27. The Morgan fingerprint density at radius 2 is 0.557 bits per heavy atom. The number of benzene rings is 2. The van der Waals surface area contributed by atoms with Crippen LogP contribution in [0.3, 0.4) is 0 Å². The molecule has 2 aliphatic heterocycles. The average molecular weight is 1280 g/mol. The van der Waals surface area contributed by atoms with Gasteiger partial charge in [0.2, 0.25) is 16.6 Å². The van der Waals surface area contributed by atoms with Crippen LogP contribution in [0.15, 0.2) is 36.4 Å². The molecule has 0 bridgehead atoms. The van der Waals surface area contributed by atoms with Crippen molar-refractivity contribution in [2.75, 3.05) is 52.7 Å². The highest BCUT2D eigenvalue weighted by Gasteiger charge is 2.51. The average Bonchev–Trinajstić information content (AvgIpc) is 3.69. The lowest BCUT2D eigenvalue weighted by atomic mass is 10.1. The molecule has 19 nitrogen and oxygen atoms in total. The first-order chi connectivity index (χ1) is 36.3. The van der Waals surface area contributed by atoms with E-state index in [1.165, 1.54) is 9.80 Å². The molecule has 0 aliphatic carbocycles. The van der Waals surface area contributed by atoms with Gasteiger partial charge in [-0.3, -0.25) is 29.0 Å². The maximum Gasteiger partial charge on any atom is 0.500 e. The Labute approximate surface area is 483 Å². The van der Waals surface area contributed by atoms with Crippen molar-refractivity contribution in [2.45, 2.75) is 171 Å². The van der Waals surface area contributed by atoms with Crippen LogP contribution in [0.2, 0.25) is 117 Å². The first-order valence-electron chi connectivity index (χ1n) is 28.1. The molecule has 2 aliphatic rings. The van der Waals surface area contributed by atoms with Gasteiger partial charge in [-0.1, -0.05) is 12.1 Å². The van der Waals surface area contributed by atoms with Crippen LogP contribution in [0.1, 0.15) is 95.8 Å². The van der Waals surface area contributed by atoms with Crippen LogP contribution in [0, 0.1) is 0 Å². The Bertz CT molecular complexity index is 2250. The Hall–Kier alpha value is -1.63. The summed E-state index contributed by atoms with van der Waals surface area (Å²) in [6.45, 7) is 47.1. The fourth-order valence-electron chi connectivity index (χ4n) is 11.1. The minimum absolute atomic E-state index is 0.228. The summed E-state index contributed by atoms with van der Waals surface area (Å²) < 4.78 is 84.5. The molecule has 448 valence electrons. The first-order valence-corrected chi connectivity index (χ1v) is 54.7. The molecule has 4 amide bonds. The number of carbonyl (C=O) groups is 4. The highest BCUT2D eigenvalue weighted by molar-refractivity contribution is 6.95. The van der Waals surface area contributed by atoms with Crippen molar-refractivity contribution in [3.63, 3.8) is 0 Å². The van der Waals surface area contributed by atoms with Crippen LogP contribution in [-0.2, 0) is 55.4 Å². The first kappa shape index (κ1) is 69.9. The molecule has 0 atom stereocenters. The zero-order chi connectivity index (χ0) is 59.8. The second-order valence-electron chi connectivity index (χ2n) is 23.3. The number of rotatable bonds is 36. The summed E-state index contributed by atoms with van der Waals surface area (Å²) >= 11 is 0. The number of hydrogen-bond acceptors (Lipinski definition) is 17. The van der Waals surface area contributed by atoms with E-state index in [4.69, 9.17) is 55.4 Å². The fourth-order valence-corrected chi connectivity index (χ4v) is 55.9. The topological polar surface area (TPSA) is 195 Å². The summed E-state index contributed by atoms with van der Waals surface area (Å²) in [4.78, 5) is 57.4. The largest absolute Gasteiger partial charge is 0.500 e. The zero-order valence-electron chi connectivity index (χ0n) is 51.8. The molecule has 0 aromatic heterocycles. The predicted molar refractivity (Wildman–Crippen MR) is 330 cm³/mol. The Morgan fingerprint density at radius 1 is 0.329 bits per heavy atom. The smallest absolute Gasteiger partial charge is 0.433 e. The van der Waals surface area contributed by atoms with E-state index in [0.717, 1.165) is 10.4 Å². The third-order valence-corrected chi connectivity index (χ3v) is 50.1. The van der Waals surface area contributed by atoms with Crippen molar-refractivity contribution in [3.8, 4) is 0 Å². The van der Waals surface area contributed by atoms with Gasteiger partial charge in [-0.15, -0.1) is 0 Å². The van der Waals surface area contributed by atoms with Crippen molar-refractivity contribution in [3.05, 3.63) is 58.7 Å². The van der Waals surface area contributed by atoms with Crippen LogP contribution >= 0.6 is 0 Å². The van der Waals surface area contributed by atoms with Gasteiger partial charge in [0, 0.05) is 64.8 Å². The molecule has 2 heterocycles. The quantitative estimate of drug-likeness (QED) is 0.0462. The lowest BCUT2D eigenvalue weighted by molar-refractivity contribution is 0.0608. The minimum Gasteiger partial charge on any atom is -0.433 e. The molecule has 0 spiro atoms. The lowest BCUT2D eigenvalue weighted by Crippen LogP contribution is -2.62. The van der Waals surface area contributed by atoms with E-state index >= 15 is 0 Å². The van der Waals surface area contributed by atoms with Crippen LogP contribution in [0.5, 0.6) is 0 Å². The van der Waals surface area contributed by atoms with Gasteiger partial charge in [-0.05, 0) is 194 Å². The molecular formula is C50H96N2O17Si10. The number of nitrogens with zero attached hydrogens (tertiary/aromatic N) is 2. The van der Waals surface area contributed by atoms with Gasteiger partial charge >= 0.3 is 69.0 Å². The molecule has 2 aromatic rings. The van der Waals surface area contributed by atoms with Crippen LogP contribution in [0.25, 0.3) is 0 Å². The molecule has 0 radical (unpaired) electrons. The number of amides is 4. The van der Waals surface area contributed by atoms with Gasteiger partial charge in [-0.25, -0.2) is 0 Å². The summed E-state index contributed by atoms with van der Waals surface area (Å²) in [7, 11) is -28.8. The standard InChI is InChI=1S/C50H96N2O17Si10/c1-23-57-78(58-24-2,59-25-3)37-29-35-51-47(53)43-33-31-41(39-45(43)49(51)55)70(7,8)63-72(11,12)65-74(15,16)67-76(19,20)69-77(21,22)68-75(17,18)66-73(13,14)64-71(9,10)42-32-34-44-46(40-42)50(56)52(48(44)54)36-30-38-79(60-26-4,61-27-5)62-28-6/h31-34,39-40H,23-30,35-38H2,1-22H3. The van der Waals surface area contributed by atoms with E-state index in [0.29, 0.717) is 86.8 Å². The van der Waals surface area contributed by atoms with Gasteiger partial charge in [0.15, 0.2) is 0 Å². The second-order valence-corrected chi connectivity index (χ2v) is 58.5. The Balaban J connectivity index is 1.36. The molecule has 0 saturated heterocycles. The van der Waals surface area contributed by atoms with Gasteiger partial charge < -0.3 is 55.4 Å². The lowest BCUT2D eigenvalue weighted by Gasteiger charge is -2.44. The van der Waals surface area contributed by atoms with Crippen LogP contribution in [0.4, 0.5) is 0 Å². The fraction of sp³-hybridized carbons (Fsp3) is 0.680. The predicted octanol–water partition coefficient (Wildman–Crippen LogP) is 9.61. The number of fused-ring (bicyclic) bond motifs is 2. The minimum atomic E-state index is -2.94. The summed E-state index contributed by atoms with van der Waals surface area (Å²) in [5, 5.41) is 1.77. The monoisotopic (exact) mass is 1280 g/mol. The van der Waals surface area contributed by atoms with Gasteiger partial charge in [-0.2, -0.15) is 0 Å².